The van der Waals surface area contributed by atoms with Gasteiger partial charge >= 0.3 is 0 Å². The van der Waals surface area contributed by atoms with Gasteiger partial charge in [-0.15, -0.1) is 0 Å². The van der Waals surface area contributed by atoms with Crippen LogP contribution in [0.1, 0.15) is 6.42 Å². The Kier molecular flexibility index (Phi) is 3.04. The lowest BCUT2D eigenvalue weighted by Gasteiger charge is -2.27. The van der Waals surface area contributed by atoms with Crippen LogP contribution < -0.4 is 10.4 Å². The van der Waals surface area contributed by atoms with E-state index < -0.39 is 29.5 Å². The molecule has 2 aliphatic carbocycles. The molecule has 0 aromatic heterocycles. The second-order valence-electron chi connectivity index (χ2n) is 5.29. The van der Waals surface area contributed by atoms with Crippen LogP contribution in [0.5, 0.6) is 0 Å². The first kappa shape index (κ1) is 12.8. The van der Waals surface area contributed by atoms with Crippen LogP contribution in [0.15, 0.2) is 36.4 Å². The first-order valence-electron chi connectivity index (χ1n) is 6.52. The highest BCUT2D eigenvalue weighted by molar-refractivity contribution is 5.96. The van der Waals surface area contributed by atoms with E-state index in [1.165, 1.54) is 18.2 Å². The number of rotatable bonds is 3. The van der Waals surface area contributed by atoms with Gasteiger partial charge in [-0.3, -0.25) is 4.79 Å². The van der Waals surface area contributed by atoms with Crippen LogP contribution in [0, 0.1) is 29.5 Å². The lowest BCUT2D eigenvalue weighted by molar-refractivity contribution is -0.313. The summed E-state index contributed by atoms with van der Waals surface area (Å²) in [5, 5.41) is 13.7. The van der Waals surface area contributed by atoms with Crippen molar-refractivity contribution in [2.45, 2.75) is 6.42 Å². The Balaban J connectivity index is 1.82. The van der Waals surface area contributed by atoms with Crippen LogP contribution in [0.25, 0.3) is 0 Å². The van der Waals surface area contributed by atoms with E-state index in [9.17, 15) is 19.1 Å². The molecule has 2 aliphatic rings. The SMILES string of the molecule is O=C([O-])[C@@H]1[C@@H](C(=O)Nc2ccccc2F)[C@H]2C=C[C@H]1C2. The third-order valence-corrected chi connectivity index (χ3v) is 4.17. The molecular weight excluding hydrogens is 261 g/mol. The lowest BCUT2D eigenvalue weighted by atomic mass is 9.82. The number of nitrogens with one attached hydrogen (secondary N) is 1. The first-order valence-corrected chi connectivity index (χ1v) is 6.52. The average molecular weight is 274 g/mol. The number of carbonyl (C=O) groups is 2. The average Bonchev–Trinajstić information content (AvgIpc) is 3.01. The molecule has 4 atom stereocenters. The molecule has 0 heterocycles. The Hall–Kier alpha value is -2.17. The number of carboxylic acids is 1. The summed E-state index contributed by atoms with van der Waals surface area (Å²) in [6, 6.07) is 5.82. The molecule has 1 saturated carbocycles. The van der Waals surface area contributed by atoms with Gasteiger partial charge in [0.25, 0.3) is 0 Å². The zero-order valence-electron chi connectivity index (χ0n) is 10.6. The van der Waals surface area contributed by atoms with Gasteiger partial charge in [0.05, 0.1) is 11.6 Å². The minimum absolute atomic E-state index is 0.0707. The molecule has 0 saturated heterocycles. The summed E-state index contributed by atoms with van der Waals surface area (Å²) in [5.74, 6) is -3.97. The molecule has 3 rings (SSSR count). The summed E-state index contributed by atoms with van der Waals surface area (Å²) in [7, 11) is 0. The van der Waals surface area contributed by atoms with Crippen LogP contribution in [0.2, 0.25) is 0 Å². The summed E-state index contributed by atoms with van der Waals surface area (Å²) >= 11 is 0. The zero-order chi connectivity index (χ0) is 14.3. The number of carbonyl (C=O) groups excluding carboxylic acids is 2. The van der Waals surface area contributed by atoms with Crippen molar-refractivity contribution in [3.05, 3.63) is 42.2 Å². The van der Waals surface area contributed by atoms with E-state index >= 15 is 0 Å². The van der Waals surface area contributed by atoms with Gasteiger partial charge in [0.2, 0.25) is 5.91 Å². The normalized spacial score (nSPS) is 30.4. The minimum atomic E-state index is -1.21. The summed E-state index contributed by atoms with van der Waals surface area (Å²) in [6.07, 6.45) is 4.35. The number of halogens is 1. The fourth-order valence-electron chi connectivity index (χ4n) is 3.28. The molecule has 4 nitrogen and oxygen atoms in total. The number of benzene rings is 1. The molecule has 1 aromatic carbocycles. The van der Waals surface area contributed by atoms with Crippen molar-refractivity contribution in [3.63, 3.8) is 0 Å². The number of anilines is 1. The van der Waals surface area contributed by atoms with Gasteiger partial charge in [-0.25, -0.2) is 4.39 Å². The molecule has 1 aromatic rings. The van der Waals surface area contributed by atoms with Gasteiger partial charge in [-0.2, -0.15) is 0 Å². The molecule has 5 heteroatoms. The zero-order valence-corrected chi connectivity index (χ0v) is 10.6. The minimum Gasteiger partial charge on any atom is -0.550 e. The highest BCUT2D eigenvalue weighted by Crippen LogP contribution is 2.48. The maximum absolute atomic E-state index is 13.5. The van der Waals surface area contributed by atoms with Crippen LogP contribution in [-0.2, 0) is 9.59 Å². The predicted molar refractivity (Wildman–Crippen MR) is 67.8 cm³/mol. The van der Waals surface area contributed by atoms with Gasteiger partial charge in [-0.05, 0) is 30.4 Å². The summed E-state index contributed by atoms with van der Waals surface area (Å²) in [6.45, 7) is 0. The first-order chi connectivity index (χ1) is 9.58. The number of fused-ring (bicyclic) bond motifs is 2. The van der Waals surface area contributed by atoms with Crippen molar-refractivity contribution in [3.8, 4) is 0 Å². The van der Waals surface area contributed by atoms with Gasteiger partial charge in [-0.1, -0.05) is 24.3 Å². The second-order valence-corrected chi connectivity index (χ2v) is 5.29. The van der Waals surface area contributed by atoms with E-state index in [0.717, 1.165) is 0 Å². The lowest BCUT2D eigenvalue weighted by Crippen LogP contribution is -2.42. The molecule has 2 bridgehead atoms. The van der Waals surface area contributed by atoms with Crippen LogP contribution >= 0.6 is 0 Å². The van der Waals surface area contributed by atoms with Gasteiger partial charge in [0.15, 0.2) is 0 Å². The Morgan fingerprint density at radius 1 is 1.15 bits per heavy atom. The number of hydrogen-bond donors (Lipinski definition) is 1. The van der Waals surface area contributed by atoms with Crippen LogP contribution in [-0.4, -0.2) is 11.9 Å². The maximum atomic E-state index is 13.5. The van der Waals surface area contributed by atoms with Crippen LogP contribution in [0.4, 0.5) is 10.1 Å². The molecule has 0 aliphatic heterocycles. The van der Waals surface area contributed by atoms with Gasteiger partial charge < -0.3 is 15.2 Å². The number of aliphatic carboxylic acids is 1. The number of para-hydroxylation sites is 1. The fraction of sp³-hybridized carbons (Fsp3) is 0.333. The Morgan fingerprint density at radius 3 is 2.45 bits per heavy atom. The Bertz CT molecular complexity index is 599. The van der Waals surface area contributed by atoms with Crippen molar-refractivity contribution in [2.75, 3.05) is 5.32 Å². The Morgan fingerprint density at radius 2 is 1.80 bits per heavy atom. The number of allylic oxidation sites excluding steroid dienone is 2. The van der Waals surface area contributed by atoms with Crippen molar-refractivity contribution >= 4 is 17.6 Å². The van der Waals surface area contributed by atoms with Crippen molar-refractivity contribution < 1.29 is 19.1 Å². The fourth-order valence-corrected chi connectivity index (χ4v) is 3.28. The quantitative estimate of drug-likeness (QED) is 0.834. The number of hydrogen-bond acceptors (Lipinski definition) is 3. The van der Waals surface area contributed by atoms with E-state index in [2.05, 4.69) is 5.32 Å². The monoisotopic (exact) mass is 274 g/mol. The molecule has 20 heavy (non-hydrogen) atoms. The third kappa shape index (κ3) is 1.99. The predicted octanol–water partition coefficient (Wildman–Crippen LogP) is 0.952. The summed E-state index contributed by atoms with van der Waals surface area (Å²) < 4.78 is 13.5. The highest BCUT2D eigenvalue weighted by atomic mass is 19.1. The van der Waals surface area contributed by atoms with Crippen molar-refractivity contribution in [1.29, 1.82) is 0 Å². The third-order valence-electron chi connectivity index (χ3n) is 4.17. The van der Waals surface area contributed by atoms with Crippen molar-refractivity contribution in [2.24, 2.45) is 23.7 Å². The summed E-state index contributed by atoms with van der Waals surface area (Å²) in [5.41, 5.74) is 0.0707. The molecule has 1 N–H and O–H groups in total. The van der Waals surface area contributed by atoms with Gasteiger partial charge in [0, 0.05) is 11.9 Å². The maximum Gasteiger partial charge on any atom is 0.228 e. The second kappa shape index (κ2) is 4.74. The number of carboxylic acid groups (broad SMARTS) is 1. The molecule has 0 spiro atoms. The van der Waals surface area contributed by atoms with Gasteiger partial charge in [0.1, 0.15) is 5.82 Å². The Labute approximate surface area is 115 Å². The standard InChI is InChI=1S/C15H14FNO3/c16-10-3-1-2-4-11(10)17-14(18)12-8-5-6-9(7-8)13(12)15(19)20/h1-6,8-9,12-13H,7H2,(H,17,18)(H,19,20)/p-1/t8-,9-,12-,13-/m0/s1. The highest BCUT2D eigenvalue weighted by Gasteiger charge is 2.48. The van der Waals surface area contributed by atoms with Crippen molar-refractivity contribution in [1.82, 2.24) is 0 Å². The van der Waals surface area contributed by atoms with E-state index in [1.807, 2.05) is 12.2 Å². The molecule has 1 amide bonds. The topological polar surface area (TPSA) is 69.2 Å². The molecule has 0 unspecified atom stereocenters. The number of amides is 1. The van der Waals surface area contributed by atoms with E-state index in [0.29, 0.717) is 6.42 Å². The summed E-state index contributed by atoms with van der Waals surface area (Å²) in [4.78, 5) is 23.5. The van der Waals surface area contributed by atoms with E-state index in [1.54, 1.807) is 6.07 Å². The van der Waals surface area contributed by atoms with E-state index in [-0.39, 0.29) is 17.5 Å². The molecule has 0 radical (unpaired) electrons. The molecule has 104 valence electrons. The van der Waals surface area contributed by atoms with E-state index in [4.69, 9.17) is 0 Å². The largest absolute Gasteiger partial charge is 0.550 e. The smallest absolute Gasteiger partial charge is 0.228 e. The molecule has 1 fully saturated rings. The van der Waals surface area contributed by atoms with Crippen LogP contribution in [0.3, 0.4) is 0 Å². The molecular formula is C15H13FNO3-.